The van der Waals surface area contributed by atoms with Crippen molar-refractivity contribution in [3.8, 4) is 0 Å². The molecule has 1 heterocycles. The van der Waals surface area contributed by atoms with Crippen LogP contribution in [0.25, 0.3) is 0 Å². The fraction of sp³-hybridized carbons (Fsp3) is 0.500. The Morgan fingerprint density at radius 1 is 1.31 bits per heavy atom. The topological polar surface area (TPSA) is 46.5 Å². The second-order valence-electron chi connectivity index (χ2n) is 2.78. The summed E-state index contributed by atoms with van der Waals surface area (Å²) in [6.07, 6.45) is 3.39. The Morgan fingerprint density at radius 2 is 1.92 bits per heavy atom. The van der Waals surface area contributed by atoms with Gasteiger partial charge in [0.05, 0.1) is 0 Å². The third kappa shape index (κ3) is 3.78. The molecule has 0 amide bonds. The quantitative estimate of drug-likeness (QED) is 0.624. The van der Waals surface area contributed by atoms with Gasteiger partial charge in [-0.05, 0) is 25.8 Å². The van der Waals surface area contributed by atoms with E-state index in [9.17, 15) is 9.59 Å². The van der Waals surface area contributed by atoms with Gasteiger partial charge in [-0.15, -0.1) is 0 Å². The summed E-state index contributed by atoms with van der Waals surface area (Å²) in [6, 6.07) is 0. The van der Waals surface area contributed by atoms with E-state index < -0.39 is 0 Å². The van der Waals surface area contributed by atoms with Crippen molar-refractivity contribution in [2.75, 3.05) is 0 Å². The predicted molar refractivity (Wildman–Crippen MR) is 52.8 cm³/mol. The van der Waals surface area contributed by atoms with Crippen molar-refractivity contribution >= 4 is 18.3 Å². The number of carbonyl (C=O) groups is 2. The second-order valence-corrected chi connectivity index (χ2v) is 2.78. The van der Waals surface area contributed by atoms with Crippen LogP contribution < -0.4 is 0 Å². The molecule has 0 spiro atoms. The monoisotopic (exact) mass is 181 g/mol. The third-order valence-electron chi connectivity index (χ3n) is 1.73. The molecule has 0 bridgehead atoms. The van der Waals surface area contributed by atoms with E-state index in [1.54, 1.807) is 0 Å². The normalized spacial score (nSPS) is 13.6. The standard InChI is InChI=1S/C6H7NO.C4H8O/c1-4-5(2)7-6(4)3-8;1-2-3-4-5/h3H,1-2H3;4H,2-3H2,1H3. The largest absolute Gasteiger partial charge is 0.303 e. The van der Waals surface area contributed by atoms with Crippen molar-refractivity contribution in [3.05, 3.63) is 11.3 Å². The lowest BCUT2D eigenvalue weighted by Crippen LogP contribution is -2.11. The summed E-state index contributed by atoms with van der Waals surface area (Å²) < 4.78 is 0. The van der Waals surface area contributed by atoms with Gasteiger partial charge in [-0.2, -0.15) is 0 Å². The third-order valence-corrected chi connectivity index (χ3v) is 1.73. The van der Waals surface area contributed by atoms with Crippen LogP contribution >= 0.6 is 0 Å². The van der Waals surface area contributed by atoms with Gasteiger partial charge in [0.25, 0.3) is 0 Å². The Hall–Kier alpha value is -1.25. The molecule has 0 N–H and O–H groups in total. The molecule has 0 saturated carbocycles. The summed E-state index contributed by atoms with van der Waals surface area (Å²) in [4.78, 5) is 23.2. The highest BCUT2D eigenvalue weighted by Gasteiger charge is 2.12. The van der Waals surface area contributed by atoms with E-state index in [4.69, 9.17) is 0 Å². The lowest BCUT2D eigenvalue weighted by atomic mass is 10.1. The average Bonchev–Trinajstić information content (AvgIpc) is 2.15. The summed E-state index contributed by atoms with van der Waals surface area (Å²) in [5, 5.41) is 0. The van der Waals surface area contributed by atoms with Crippen molar-refractivity contribution in [3.63, 3.8) is 0 Å². The molecular formula is C10H15NO2. The minimum absolute atomic E-state index is 0.600. The molecule has 3 heteroatoms. The van der Waals surface area contributed by atoms with Crippen molar-refractivity contribution in [1.82, 2.24) is 0 Å². The SMILES string of the molecule is CC1=C(C)C(C=O)=N1.CCCC=O. The molecule has 0 atom stereocenters. The zero-order valence-corrected chi connectivity index (χ0v) is 8.33. The number of rotatable bonds is 3. The molecule has 0 saturated heterocycles. The lowest BCUT2D eigenvalue weighted by molar-refractivity contribution is -0.107. The van der Waals surface area contributed by atoms with Crippen molar-refractivity contribution in [2.24, 2.45) is 4.99 Å². The molecule has 0 aromatic heterocycles. The molecule has 1 aliphatic heterocycles. The Morgan fingerprint density at radius 3 is 2.00 bits per heavy atom. The summed E-state index contributed by atoms with van der Waals surface area (Å²) in [5.74, 6) is 0. The maximum Gasteiger partial charge on any atom is 0.168 e. The van der Waals surface area contributed by atoms with E-state index >= 15 is 0 Å². The number of unbranched alkanes of at least 4 members (excludes halogenated alkanes) is 1. The Kier molecular flexibility index (Phi) is 5.68. The molecule has 13 heavy (non-hydrogen) atoms. The van der Waals surface area contributed by atoms with Gasteiger partial charge in [-0.25, -0.2) is 4.99 Å². The number of carbonyl (C=O) groups excluding carboxylic acids is 2. The minimum Gasteiger partial charge on any atom is -0.303 e. The van der Waals surface area contributed by atoms with Gasteiger partial charge in [0.15, 0.2) is 6.29 Å². The van der Waals surface area contributed by atoms with Gasteiger partial charge in [-0.1, -0.05) is 6.92 Å². The predicted octanol–water partition coefficient (Wildman–Crippen LogP) is 1.92. The van der Waals surface area contributed by atoms with Gasteiger partial charge in [0, 0.05) is 12.1 Å². The number of hydrogen-bond acceptors (Lipinski definition) is 3. The van der Waals surface area contributed by atoms with Gasteiger partial charge in [0.2, 0.25) is 0 Å². The van der Waals surface area contributed by atoms with Crippen LogP contribution in [0.5, 0.6) is 0 Å². The molecule has 0 aliphatic carbocycles. The Balaban J connectivity index is 0.000000252. The fourth-order valence-electron chi connectivity index (χ4n) is 0.713. The molecule has 0 aromatic carbocycles. The summed E-state index contributed by atoms with van der Waals surface area (Å²) >= 11 is 0. The second kappa shape index (κ2) is 6.29. The van der Waals surface area contributed by atoms with Crippen molar-refractivity contribution in [2.45, 2.75) is 33.6 Å². The van der Waals surface area contributed by atoms with E-state index in [2.05, 4.69) is 4.99 Å². The van der Waals surface area contributed by atoms with Crippen molar-refractivity contribution in [1.29, 1.82) is 0 Å². The lowest BCUT2D eigenvalue weighted by Gasteiger charge is -2.10. The molecule has 3 nitrogen and oxygen atoms in total. The van der Waals surface area contributed by atoms with E-state index in [-0.39, 0.29) is 0 Å². The summed E-state index contributed by atoms with van der Waals surface area (Å²) in [7, 11) is 0. The number of allylic oxidation sites excluding steroid dienone is 2. The number of hydrogen-bond donors (Lipinski definition) is 0. The first-order valence-corrected chi connectivity index (χ1v) is 4.32. The van der Waals surface area contributed by atoms with Crippen molar-refractivity contribution < 1.29 is 9.59 Å². The van der Waals surface area contributed by atoms with Crippen LogP contribution in [0.2, 0.25) is 0 Å². The Bertz CT molecular complexity index is 252. The van der Waals surface area contributed by atoms with Gasteiger partial charge in [-0.3, -0.25) is 4.79 Å². The first-order chi connectivity index (χ1) is 6.17. The highest BCUT2D eigenvalue weighted by atomic mass is 16.1. The first kappa shape index (κ1) is 11.8. The van der Waals surface area contributed by atoms with E-state index in [0.29, 0.717) is 12.1 Å². The molecule has 0 radical (unpaired) electrons. The van der Waals surface area contributed by atoms with Crippen LogP contribution in [0.3, 0.4) is 0 Å². The zero-order chi connectivity index (χ0) is 10.3. The number of aliphatic imine (C=N–C) groups is 1. The van der Waals surface area contributed by atoms with E-state index in [1.807, 2.05) is 20.8 Å². The van der Waals surface area contributed by atoms with E-state index in [0.717, 1.165) is 30.3 Å². The smallest absolute Gasteiger partial charge is 0.168 e. The van der Waals surface area contributed by atoms with Crippen LogP contribution in [-0.4, -0.2) is 18.3 Å². The van der Waals surface area contributed by atoms with Crippen LogP contribution in [0, 0.1) is 0 Å². The van der Waals surface area contributed by atoms with Gasteiger partial charge in [0.1, 0.15) is 12.0 Å². The number of nitrogens with zero attached hydrogens (tertiary/aromatic N) is 1. The molecule has 0 aromatic rings. The zero-order valence-electron chi connectivity index (χ0n) is 8.33. The molecule has 1 rings (SSSR count). The molecular weight excluding hydrogens is 166 g/mol. The Labute approximate surface area is 78.6 Å². The average molecular weight is 181 g/mol. The van der Waals surface area contributed by atoms with E-state index in [1.165, 1.54) is 0 Å². The minimum atomic E-state index is 0.600. The van der Waals surface area contributed by atoms with Crippen LogP contribution in [-0.2, 0) is 9.59 Å². The van der Waals surface area contributed by atoms with Crippen LogP contribution in [0.1, 0.15) is 33.6 Å². The number of aldehydes is 2. The molecule has 0 unspecified atom stereocenters. The molecule has 0 fully saturated rings. The maximum atomic E-state index is 9.98. The first-order valence-electron chi connectivity index (χ1n) is 4.32. The van der Waals surface area contributed by atoms with Crippen LogP contribution in [0.4, 0.5) is 0 Å². The highest BCUT2D eigenvalue weighted by molar-refractivity contribution is 6.38. The van der Waals surface area contributed by atoms with Gasteiger partial charge >= 0.3 is 0 Å². The fourth-order valence-corrected chi connectivity index (χ4v) is 0.713. The van der Waals surface area contributed by atoms with Gasteiger partial charge < -0.3 is 4.79 Å². The summed E-state index contributed by atoms with van der Waals surface area (Å²) in [5.41, 5.74) is 2.61. The summed E-state index contributed by atoms with van der Waals surface area (Å²) in [6.45, 7) is 5.77. The molecule has 1 aliphatic rings. The highest BCUT2D eigenvalue weighted by Crippen LogP contribution is 2.15. The molecule has 72 valence electrons. The maximum absolute atomic E-state index is 9.98. The van der Waals surface area contributed by atoms with Crippen LogP contribution in [0.15, 0.2) is 16.3 Å².